The van der Waals surface area contributed by atoms with E-state index >= 15 is 0 Å². The molecule has 0 bridgehead atoms. The first-order chi connectivity index (χ1) is 8.58. The van der Waals surface area contributed by atoms with Crippen molar-refractivity contribution in [3.8, 4) is 0 Å². The van der Waals surface area contributed by atoms with Crippen molar-refractivity contribution in [1.29, 1.82) is 0 Å². The van der Waals surface area contributed by atoms with Crippen LogP contribution in [0.5, 0.6) is 0 Å². The van der Waals surface area contributed by atoms with Crippen LogP contribution in [0.3, 0.4) is 0 Å². The summed E-state index contributed by atoms with van der Waals surface area (Å²) in [5, 5.41) is 21.6. The molecule has 1 N–H and O–H groups in total. The fourth-order valence-corrected chi connectivity index (χ4v) is 1.71. The summed E-state index contributed by atoms with van der Waals surface area (Å²) in [6.07, 6.45) is 1.61. The summed E-state index contributed by atoms with van der Waals surface area (Å²) in [7, 11) is 1.85. The van der Waals surface area contributed by atoms with Gasteiger partial charge >= 0.3 is 0 Å². The summed E-state index contributed by atoms with van der Waals surface area (Å²) in [6.45, 7) is 1.92. The number of hydrogen-bond acceptors (Lipinski definition) is 5. The summed E-state index contributed by atoms with van der Waals surface area (Å²) in [4.78, 5) is 10.3. The van der Waals surface area contributed by atoms with E-state index in [9.17, 15) is 10.1 Å². The second-order valence-corrected chi connectivity index (χ2v) is 3.97. The summed E-state index contributed by atoms with van der Waals surface area (Å²) in [5.74, 6) is 0.765. The van der Waals surface area contributed by atoms with Gasteiger partial charge in [0.05, 0.1) is 11.0 Å². The Morgan fingerprint density at radius 3 is 2.89 bits per heavy atom. The lowest BCUT2D eigenvalue weighted by Crippen LogP contribution is -2.11. The van der Waals surface area contributed by atoms with Crippen molar-refractivity contribution in [1.82, 2.24) is 14.8 Å². The molecule has 7 nitrogen and oxygen atoms in total. The van der Waals surface area contributed by atoms with Gasteiger partial charge in [-0.3, -0.25) is 10.1 Å². The van der Waals surface area contributed by atoms with Crippen LogP contribution in [0.2, 0.25) is 0 Å². The molecule has 1 aromatic carbocycles. The molecule has 1 atom stereocenters. The molecule has 2 rings (SSSR count). The Morgan fingerprint density at radius 1 is 1.50 bits per heavy atom. The summed E-state index contributed by atoms with van der Waals surface area (Å²) in [5.41, 5.74) is 0.741. The topological polar surface area (TPSA) is 85.9 Å². The van der Waals surface area contributed by atoms with Crippen molar-refractivity contribution in [3.63, 3.8) is 0 Å². The van der Waals surface area contributed by atoms with E-state index in [1.165, 1.54) is 12.1 Å². The molecule has 0 saturated carbocycles. The average molecular weight is 247 g/mol. The zero-order valence-corrected chi connectivity index (χ0v) is 10.1. The van der Waals surface area contributed by atoms with Gasteiger partial charge in [0.15, 0.2) is 5.82 Å². The zero-order valence-electron chi connectivity index (χ0n) is 10.1. The third-order valence-electron chi connectivity index (χ3n) is 2.57. The lowest BCUT2D eigenvalue weighted by molar-refractivity contribution is -0.384. The average Bonchev–Trinajstić information content (AvgIpc) is 2.76. The van der Waals surface area contributed by atoms with E-state index in [0.29, 0.717) is 5.69 Å². The normalized spacial score (nSPS) is 12.1. The molecule has 1 unspecified atom stereocenters. The number of benzene rings is 1. The van der Waals surface area contributed by atoms with Crippen molar-refractivity contribution in [2.45, 2.75) is 13.0 Å². The molecular formula is C11H13N5O2. The van der Waals surface area contributed by atoms with Crippen molar-refractivity contribution >= 4 is 11.4 Å². The van der Waals surface area contributed by atoms with Crippen LogP contribution in [0.25, 0.3) is 0 Å². The fraction of sp³-hybridized carbons (Fsp3) is 0.273. The first-order valence-corrected chi connectivity index (χ1v) is 5.43. The standard InChI is InChI=1S/C11H13N5O2/c1-8(11-14-12-7-15(11)2)13-9-4-3-5-10(6-9)16(17)18/h3-8,13H,1-2H3. The molecular weight excluding hydrogens is 234 g/mol. The van der Waals surface area contributed by atoms with E-state index in [4.69, 9.17) is 0 Å². The smallest absolute Gasteiger partial charge is 0.271 e. The summed E-state index contributed by atoms with van der Waals surface area (Å²) < 4.78 is 1.80. The minimum absolute atomic E-state index is 0.0603. The Balaban J connectivity index is 2.17. The highest BCUT2D eigenvalue weighted by Crippen LogP contribution is 2.21. The zero-order chi connectivity index (χ0) is 13.1. The number of aromatic nitrogens is 3. The Hall–Kier alpha value is -2.44. The van der Waals surface area contributed by atoms with Crippen molar-refractivity contribution < 1.29 is 4.92 Å². The van der Waals surface area contributed by atoms with E-state index in [2.05, 4.69) is 15.5 Å². The van der Waals surface area contributed by atoms with Crippen LogP contribution in [0, 0.1) is 10.1 Å². The van der Waals surface area contributed by atoms with Gasteiger partial charge in [-0.15, -0.1) is 10.2 Å². The first kappa shape index (κ1) is 12.0. The molecule has 18 heavy (non-hydrogen) atoms. The van der Waals surface area contributed by atoms with Gasteiger partial charge < -0.3 is 9.88 Å². The molecule has 0 radical (unpaired) electrons. The largest absolute Gasteiger partial charge is 0.375 e. The van der Waals surface area contributed by atoms with Gasteiger partial charge in [0, 0.05) is 24.9 Å². The maximum absolute atomic E-state index is 10.7. The Bertz CT molecular complexity index is 566. The number of nitrogens with zero attached hydrogens (tertiary/aromatic N) is 4. The highest BCUT2D eigenvalue weighted by atomic mass is 16.6. The first-order valence-electron chi connectivity index (χ1n) is 5.43. The van der Waals surface area contributed by atoms with Crippen LogP contribution in [-0.4, -0.2) is 19.7 Å². The van der Waals surface area contributed by atoms with Gasteiger partial charge in [0.25, 0.3) is 5.69 Å². The quantitative estimate of drug-likeness (QED) is 0.658. The monoisotopic (exact) mass is 247 g/mol. The molecule has 2 aromatic rings. The van der Waals surface area contributed by atoms with Crippen molar-refractivity contribution in [2.24, 2.45) is 7.05 Å². The molecule has 0 aliphatic carbocycles. The lowest BCUT2D eigenvalue weighted by atomic mass is 10.2. The number of anilines is 1. The van der Waals surface area contributed by atoms with Crippen LogP contribution in [0.1, 0.15) is 18.8 Å². The fourth-order valence-electron chi connectivity index (χ4n) is 1.71. The van der Waals surface area contributed by atoms with E-state index in [1.54, 1.807) is 23.0 Å². The Labute approximate surface area is 104 Å². The predicted molar refractivity (Wildman–Crippen MR) is 66.1 cm³/mol. The second kappa shape index (κ2) is 4.82. The van der Waals surface area contributed by atoms with Gasteiger partial charge in [-0.2, -0.15) is 0 Å². The number of nitro benzene ring substituents is 1. The Kier molecular flexibility index (Phi) is 3.22. The number of rotatable bonds is 4. The number of aryl methyl sites for hydroxylation is 1. The molecule has 0 saturated heterocycles. The van der Waals surface area contributed by atoms with Crippen molar-refractivity contribution in [3.05, 3.63) is 46.5 Å². The summed E-state index contributed by atoms with van der Waals surface area (Å²) >= 11 is 0. The maximum atomic E-state index is 10.7. The molecule has 94 valence electrons. The van der Waals surface area contributed by atoms with Gasteiger partial charge in [-0.25, -0.2) is 0 Å². The van der Waals surface area contributed by atoms with Crippen LogP contribution in [0.4, 0.5) is 11.4 Å². The minimum Gasteiger partial charge on any atom is -0.375 e. The second-order valence-electron chi connectivity index (χ2n) is 3.97. The molecule has 0 spiro atoms. The molecule has 0 amide bonds. The SMILES string of the molecule is CC(Nc1cccc([N+](=O)[O-])c1)c1nncn1C. The van der Waals surface area contributed by atoms with Crippen LogP contribution in [-0.2, 0) is 7.05 Å². The number of nitro groups is 1. The molecule has 1 aromatic heterocycles. The van der Waals surface area contributed by atoms with E-state index in [0.717, 1.165) is 5.82 Å². The summed E-state index contributed by atoms with van der Waals surface area (Å²) in [6, 6.07) is 6.29. The highest BCUT2D eigenvalue weighted by molar-refractivity contribution is 5.51. The molecule has 0 aliphatic heterocycles. The number of hydrogen-bond donors (Lipinski definition) is 1. The van der Waals surface area contributed by atoms with Gasteiger partial charge in [-0.1, -0.05) is 6.07 Å². The third kappa shape index (κ3) is 2.45. The number of nitrogens with one attached hydrogen (secondary N) is 1. The van der Waals surface area contributed by atoms with Gasteiger partial charge in [-0.05, 0) is 13.0 Å². The van der Waals surface area contributed by atoms with Crippen LogP contribution in [0.15, 0.2) is 30.6 Å². The molecule has 0 fully saturated rings. The predicted octanol–water partition coefficient (Wildman–Crippen LogP) is 1.90. The minimum atomic E-state index is -0.418. The molecule has 7 heteroatoms. The van der Waals surface area contributed by atoms with Crippen molar-refractivity contribution in [2.75, 3.05) is 5.32 Å². The molecule has 1 heterocycles. The van der Waals surface area contributed by atoms with Gasteiger partial charge in [0.1, 0.15) is 6.33 Å². The molecule has 0 aliphatic rings. The van der Waals surface area contributed by atoms with Crippen LogP contribution >= 0.6 is 0 Å². The van der Waals surface area contributed by atoms with E-state index in [1.807, 2.05) is 14.0 Å². The van der Waals surface area contributed by atoms with E-state index in [-0.39, 0.29) is 11.7 Å². The van der Waals surface area contributed by atoms with Crippen LogP contribution < -0.4 is 5.32 Å². The van der Waals surface area contributed by atoms with E-state index < -0.39 is 4.92 Å². The lowest BCUT2D eigenvalue weighted by Gasteiger charge is -2.13. The Morgan fingerprint density at radius 2 is 2.28 bits per heavy atom. The third-order valence-corrected chi connectivity index (χ3v) is 2.57. The van der Waals surface area contributed by atoms with Gasteiger partial charge in [0.2, 0.25) is 0 Å². The maximum Gasteiger partial charge on any atom is 0.271 e. The number of non-ortho nitro benzene ring substituents is 1. The highest BCUT2D eigenvalue weighted by Gasteiger charge is 2.12.